The number of rotatable bonds is 9. The molecule has 25 heavy (non-hydrogen) atoms. The summed E-state index contributed by atoms with van der Waals surface area (Å²) in [6, 6.07) is 7.01. The topological polar surface area (TPSA) is 75.7 Å². The predicted octanol–water partition coefficient (Wildman–Crippen LogP) is 1.88. The lowest BCUT2D eigenvalue weighted by molar-refractivity contribution is -0.139. The molecule has 1 heterocycles. The Bertz CT molecular complexity index is 621. The number of hydrogen-bond donors (Lipinski definition) is 1. The van der Waals surface area contributed by atoms with Crippen LogP contribution in [0.4, 0.5) is 0 Å². The zero-order valence-corrected chi connectivity index (χ0v) is 14.3. The van der Waals surface area contributed by atoms with Crippen LogP contribution in [0.5, 0.6) is 0 Å². The van der Waals surface area contributed by atoms with E-state index in [2.05, 4.69) is 5.32 Å². The third-order valence-electron chi connectivity index (χ3n) is 4.51. The van der Waals surface area contributed by atoms with Gasteiger partial charge in [-0.2, -0.15) is 0 Å². The lowest BCUT2D eigenvalue weighted by atomic mass is 10.1. The van der Waals surface area contributed by atoms with Crippen molar-refractivity contribution in [3.05, 3.63) is 35.4 Å². The van der Waals surface area contributed by atoms with Gasteiger partial charge < -0.3 is 10.1 Å². The molecule has 0 bridgehead atoms. The van der Waals surface area contributed by atoms with Crippen molar-refractivity contribution < 1.29 is 19.1 Å². The van der Waals surface area contributed by atoms with Crippen LogP contribution in [0.25, 0.3) is 0 Å². The minimum Gasteiger partial charge on any atom is -0.381 e. The van der Waals surface area contributed by atoms with Crippen LogP contribution in [0.15, 0.2) is 24.3 Å². The van der Waals surface area contributed by atoms with Crippen molar-refractivity contribution in [2.24, 2.45) is 5.92 Å². The molecular weight excluding hydrogens is 320 g/mol. The fraction of sp³-hybridized carbons (Fsp3) is 0.526. The van der Waals surface area contributed by atoms with Crippen molar-refractivity contribution in [1.82, 2.24) is 10.2 Å². The standard InChI is InChI=1S/C19H24N2O4/c22-17-8-9-18(23)21(17)12-14-4-6-16(7-5-14)19(24)20-10-1-11-25-13-15-2-3-15/h4-7,15H,1-3,8-13H2,(H,20,24). The molecule has 134 valence electrons. The zero-order chi connectivity index (χ0) is 17.6. The van der Waals surface area contributed by atoms with Crippen molar-refractivity contribution in [1.29, 1.82) is 0 Å². The smallest absolute Gasteiger partial charge is 0.251 e. The molecule has 1 aliphatic carbocycles. The number of imide groups is 1. The van der Waals surface area contributed by atoms with Gasteiger partial charge >= 0.3 is 0 Å². The van der Waals surface area contributed by atoms with Crippen molar-refractivity contribution in [3.63, 3.8) is 0 Å². The first-order chi connectivity index (χ1) is 12.1. The van der Waals surface area contributed by atoms with Crippen LogP contribution in [0, 0.1) is 5.92 Å². The Hall–Kier alpha value is -2.21. The summed E-state index contributed by atoms with van der Waals surface area (Å²) in [6.45, 7) is 2.38. The van der Waals surface area contributed by atoms with Gasteiger partial charge in [-0.1, -0.05) is 12.1 Å². The van der Waals surface area contributed by atoms with Gasteiger partial charge in [0, 0.05) is 38.2 Å². The van der Waals surface area contributed by atoms with E-state index in [-0.39, 0.29) is 24.3 Å². The van der Waals surface area contributed by atoms with Gasteiger partial charge in [0.15, 0.2) is 0 Å². The van der Waals surface area contributed by atoms with Crippen LogP contribution in [0.2, 0.25) is 0 Å². The molecule has 1 N–H and O–H groups in total. The second-order valence-corrected chi connectivity index (χ2v) is 6.70. The minimum atomic E-state index is -0.129. The second-order valence-electron chi connectivity index (χ2n) is 6.70. The normalized spacial score (nSPS) is 17.2. The second kappa shape index (κ2) is 8.25. The highest BCUT2D eigenvalue weighted by Gasteiger charge is 2.28. The quantitative estimate of drug-likeness (QED) is 0.548. The molecule has 0 atom stereocenters. The molecule has 3 rings (SSSR count). The van der Waals surface area contributed by atoms with E-state index in [0.29, 0.717) is 31.6 Å². The van der Waals surface area contributed by atoms with Crippen LogP contribution in [-0.4, -0.2) is 42.4 Å². The highest BCUT2D eigenvalue weighted by atomic mass is 16.5. The summed E-state index contributed by atoms with van der Waals surface area (Å²) in [7, 11) is 0. The van der Waals surface area contributed by atoms with E-state index >= 15 is 0 Å². The van der Waals surface area contributed by atoms with E-state index in [0.717, 1.165) is 24.5 Å². The minimum absolute atomic E-state index is 0.123. The maximum absolute atomic E-state index is 12.1. The molecule has 2 aliphatic rings. The highest BCUT2D eigenvalue weighted by Crippen LogP contribution is 2.28. The van der Waals surface area contributed by atoms with Gasteiger partial charge in [0.2, 0.25) is 11.8 Å². The third kappa shape index (κ3) is 5.13. The monoisotopic (exact) mass is 344 g/mol. The molecule has 1 aliphatic heterocycles. The van der Waals surface area contributed by atoms with Gasteiger partial charge in [0.05, 0.1) is 6.54 Å². The number of likely N-dealkylation sites (tertiary alicyclic amines) is 1. The maximum Gasteiger partial charge on any atom is 0.251 e. The van der Waals surface area contributed by atoms with Gasteiger partial charge in [-0.25, -0.2) is 0 Å². The number of carbonyl (C=O) groups excluding carboxylic acids is 3. The molecule has 0 spiro atoms. The molecule has 3 amide bonds. The van der Waals surface area contributed by atoms with Gasteiger partial charge in [0.25, 0.3) is 5.91 Å². The van der Waals surface area contributed by atoms with E-state index in [1.54, 1.807) is 24.3 Å². The number of hydrogen-bond acceptors (Lipinski definition) is 4. The largest absolute Gasteiger partial charge is 0.381 e. The van der Waals surface area contributed by atoms with Gasteiger partial charge in [-0.15, -0.1) is 0 Å². The maximum atomic E-state index is 12.1. The molecule has 1 aromatic carbocycles. The summed E-state index contributed by atoms with van der Waals surface area (Å²) in [5.74, 6) is 0.382. The van der Waals surface area contributed by atoms with E-state index in [4.69, 9.17) is 4.74 Å². The molecule has 2 fully saturated rings. The lowest BCUT2D eigenvalue weighted by Crippen LogP contribution is -2.28. The number of nitrogens with one attached hydrogen (secondary N) is 1. The molecule has 6 heteroatoms. The van der Waals surface area contributed by atoms with Crippen molar-refractivity contribution in [2.45, 2.75) is 38.6 Å². The third-order valence-corrected chi connectivity index (χ3v) is 4.51. The van der Waals surface area contributed by atoms with Gasteiger partial charge in [-0.05, 0) is 42.9 Å². The van der Waals surface area contributed by atoms with Crippen molar-refractivity contribution in [2.75, 3.05) is 19.8 Å². The van der Waals surface area contributed by atoms with Crippen molar-refractivity contribution >= 4 is 17.7 Å². The molecule has 1 saturated heterocycles. The van der Waals surface area contributed by atoms with Crippen LogP contribution >= 0.6 is 0 Å². The summed E-state index contributed by atoms with van der Waals surface area (Å²) < 4.78 is 5.53. The fourth-order valence-corrected chi connectivity index (χ4v) is 2.76. The number of carbonyl (C=O) groups is 3. The van der Waals surface area contributed by atoms with Crippen molar-refractivity contribution in [3.8, 4) is 0 Å². The first-order valence-electron chi connectivity index (χ1n) is 8.91. The van der Waals surface area contributed by atoms with Crippen LogP contribution in [-0.2, 0) is 20.9 Å². The first-order valence-corrected chi connectivity index (χ1v) is 8.91. The predicted molar refractivity (Wildman–Crippen MR) is 91.7 cm³/mol. The average molecular weight is 344 g/mol. The Kier molecular flexibility index (Phi) is 5.81. The Balaban J connectivity index is 1.39. The van der Waals surface area contributed by atoms with E-state index in [9.17, 15) is 14.4 Å². The Morgan fingerprint density at radius 1 is 1.12 bits per heavy atom. The fourth-order valence-electron chi connectivity index (χ4n) is 2.76. The summed E-state index contributed by atoms with van der Waals surface area (Å²) in [5, 5.41) is 2.87. The van der Waals surface area contributed by atoms with E-state index in [1.165, 1.54) is 17.7 Å². The molecule has 0 radical (unpaired) electrons. The van der Waals surface area contributed by atoms with Crippen LogP contribution in [0.1, 0.15) is 48.0 Å². The molecule has 6 nitrogen and oxygen atoms in total. The van der Waals surface area contributed by atoms with Crippen LogP contribution in [0.3, 0.4) is 0 Å². The Labute approximate surface area is 147 Å². The van der Waals surface area contributed by atoms with E-state index < -0.39 is 0 Å². The molecule has 0 aromatic heterocycles. The van der Waals surface area contributed by atoms with Crippen LogP contribution < -0.4 is 5.32 Å². The number of benzene rings is 1. The Morgan fingerprint density at radius 3 is 2.44 bits per heavy atom. The Morgan fingerprint density at radius 2 is 1.80 bits per heavy atom. The lowest BCUT2D eigenvalue weighted by Gasteiger charge is -2.14. The highest BCUT2D eigenvalue weighted by molar-refractivity contribution is 6.01. The zero-order valence-electron chi connectivity index (χ0n) is 14.3. The molecular formula is C19H24N2O4. The number of nitrogens with zero attached hydrogens (tertiary/aromatic N) is 1. The molecule has 1 aromatic rings. The SMILES string of the molecule is O=C(NCCCOCC1CC1)c1ccc(CN2C(=O)CCC2=O)cc1. The molecule has 0 unspecified atom stereocenters. The summed E-state index contributed by atoms with van der Waals surface area (Å²) in [6.07, 6.45) is 3.96. The first kappa shape index (κ1) is 17.6. The van der Waals surface area contributed by atoms with Gasteiger partial charge in [0.1, 0.15) is 0 Å². The summed E-state index contributed by atoms with van der Waals surface area (Å²) in [4.78, 5) is 36.6. The summed E-state index contributed by atoms with van der Waals surface area (Å²) in [5.41, 5.74) is 1.41. The average Bonchev–Trinajstić information content (AvgIpc) is 3.39. The number of amides is 3. The van der Waals surface area contributed by atoms with Gasteiger partial charge in [-0.3, -0.25) is 19.3 Å². The summed E-state index contributed by atoms with van der Waals surface area (Å²) >= 11 is 0. The molecule has 1 saturated carbocycles. The van der Waals surface area contributed by atoms with E-state index in [1.807, 2.05) is 0 Å². The number of ether oxygens (including phenoxy) is 1.